The fourth-order valence-corrected chi connectivity index (χ4v) is 2.42. The Bertz CT molecular complexity index is 337. The quantitative estimate of drug-likeness (QED) is 0.827. The van der Waals surface area contributed by atoms with Gasteiger partial charge in [-0.2, -0.15) is 0 Å². The van der Waals surface area contributed by atoms with Crippen LogP contribution in [0.3, 0.4) is 0 Å². The number of rotatable bonds is 5. The maximum Gasteiger partial charge on any atom is 0.230 e. The lowest BCUT2D eigenvalue weighted by Gasteiger charge is -2.41. The van der Waals surface area contributed by atoms with Crippen LogP contribution >= 0.6 is 0 Å². The molecule has 2 aliphatic rings. The number of carbonyl (C=O) groups is 1. The van der Waals surface area contributed by atoms with Crippen molar-refractivity contribution in [2.75, 3.05) is 19.8 Å². The highest BCUT2D eigenvalue weighted by atomic mass is 16.5. The first-order valence-corrected chi connectivity index (χ1v) is 7.41. The van der Waals surface area contributed by atoms with Gasteiger partial charge in [-0.15, -0.1) is 0 Å². The molecule has 0 bridgehead atoms. The first-order valence-electron chi connectivity index (χ1n) is 7.41. The number of nitrogens with two attached hydrogens (primary N) is 1. The Morgan fingerprint density at radius 1 is 1.26 bits per heavy atom. The van der Waals surface area contributed by atoms with Gasteiger partial charge in [-0.05, 0) is 47.0 Å². The van der Waals surface area contributed by atoms with Gasteiger partial charge in [0, 0.05) is 30.7 Å². The minimum atomic E-state index is -0.533. The second-order valence-corrected chi connectivity index (χ2v) is 7.26. The lowest BCUT2D eigenvalue weighted by atomic mass is 9.74. The van der Waals surface area contributed by atoms with E-state index >= 15 is 0 Å². The van der Waals surface area contributed by atoms with Crippen LogP contribution in [0, 0.1) is 11.3 Å². The number of carbonyl (C=O) groups excluding carboxylic acids is 1. The van der Waals surface area contributed by atoms with E-state index in [1.807, 2.05) is 27.7 Å². The fourth-order valence-electron chi connectivity index (χ4n) is 2.42. The summed E-state index contributed by atoms with van der Waals surface area (Å²) in [6.45, 7) is 10.3. The average Bonchev–Trinajstić information content (AvgIpc) is 3.01. The Morgan fingerprint density at radius 2 is 1.89 bits per heavy atom. The van der Waals surface area contributed by atoms with Crippen molar-refractivity contribution in [3.05, 3.63) is 0 Å². The molecule has 1 amide bonds. The smallest absolute Gasteiger partial charge is 0.230 e. The third-order valence-corrected chi connectivity index (χ3v) is 4.87. The van der Waals surface area contributed by atoms with Crippen molar-refractivity contribution in [1.82, 2.24) is 4.90 Å². The molecule has 110 valence electrons. The molecule has 0 aromatic carbocycles. The number of hydrogen-bond donors (Lipinski definition) is 1. The molecule has 19 heavy (non-hydrogen) atoms. The Labute approximate surface area is 116 Å². The highest BCUT2D eigenvalue weighted by Crippen LogP contribution is 2.36. The normalized spacial score (nSPS) is 24.6. The molecule has 4 nitrogen and oxygen atoms in total. The standard InChI is InChI=1S/C15H28N2O2/c1-14(2,15(3,4)16)13(18)17(12-5-6-12)9-11-7-8-19-10-11/h11-12H,5-10,16H2,1-4H3. The molecule has 1 atom stereocenters. The van der Waals surface area contributed by atoms with Crippen molar-refractivity contribution < 1.29 is 9.53 Å². The summed E-state index contributed by atoms with van der Waals surface area (Å²) in [6, 6.07) is 0.440. The summed E-state index contributed by atoms with van der Waals surface area (Å²) >= 11 is 0. The second kappa shape index (κ2) is 5.06. The molecule has 2 fully saturated rings. The first-order chi connectivity index (χ1) is 8.73. The molecular weight excluding hydrogens is 240 g/mol. The van der Waals surface area contributed by atoms with Crippen LogP contribution < -0.4 is 5.73 Å². The van der Waals surface area contributed by atoms with Gasteiger partial charge in [0.1, 0.15) is 0 Å². The van der Waals surface area contributed by atoms with E-state index in [-0.39, 0.29) is 5.91 Å². The Morgan fingerprint density at radius 3 is 2.32 bits per heavy atom. The molecule has 2 N–H and O–H groups in total. The number of ether oxygens (including phenoxy) is 1. The lowest BCUT2D eigenvalue weighted by Crippen LogP contribution is -2.57. The summed E-state index contributed by atoms with van der Waals surface area (Å²) < 4.78 is 5.43. The molecule has 0 radical (unpaired) electrons. The average molecular weight is 268 g/mol. The third-order valence-electron chi connectivity index (χ3n) is 4.87. The van der Waals surface area contributed by atoms with Crippen molar-refractivity contribution in [3.63, 3.8) is 0 Å². The fraction of sp³-hybridized carbons (Fsp3) is 0.933. The summed E-state index contributed by atoms with van der Waals surface area (Å²) in [5.74, 6) is 0.704. The van der Waals surface area contributed by atoms with Gasteiger partial charge in [-0.3, -0.25) is 4.79 Å². The minimum absolute atomic E-state index is 0.203. The minimum Gasteiger partial charge on any atom is -0.381 e. The topological polar surface area (TPSA) is 55.6 Å². The highest BCUT2D eigenvalue weighted by Gasteiger charge is 2.46. The molecule has 1 unspecified atom stereocenters. The van der Waals surface area contributed by atoms with Crippen LogP contribution in [0.2, 0.25) is 0 Å². The molecule has 4 heteroatoms. The second-order valence-electron chi connectivity index (χ2n) is 7.26. The van der Waals surface area contributed by atoms with Crippen LogP contribution in [0.25, 0.3) is 0 Å². The van der Waals surface area contributed by atoms with Gasteiger partial charge in [-0.25, -0.2) is 0 Å². The summed E-state index contributed by atoms with van der Waals surface area (Å²) in [5.41, 5.74) is 5.17. The number of hydrogen-bond acceptors (Lipinski definition) is 3. The third kappa shape index (κ3) is 3.11. The van der Waals surface area contributed by atoms with Crippen molar-refractivity contribution >= 4 is 5.91 Å². The van der Waals surface area contributed by atoms with E-state index in [9.17, 15) is 4.79 Å². The summed E-state index contributed by atoms with van der Waals surface area (Å²) in [5, 5.41) is 0. The summed E-state index contributed by atoms with van der Waals surface area (Å²) in [7, 11) is 0. The Balaban J connectivity index is 2.08. The summed E-state index contributed by atoms with van der Waals surface area (Å²) in [6.07, 6.45) is 3.35. The molecule has 0 aromatic rings. The van der Waals surface area contributed by atoms with Crippen molar-refractivity contribution in [2.24, 2.45) is 17.1 Å². The maximum atomic E-state index is 12.9. The van der Waals surface area contributed by atoms with E-state index in [1.54, 1.807) is 0 Å². The van der Waals surface area contributed by atoms with Crippen LogP contribution in [-0.2, 0) is 9.53 Å². The van der Waals surface area contributed by atoms with E-state index < -0.39 is 11.0 Å². The Kier molecular flexibility index (Phi) is 3.94. The lowest BCUT2D eigenvalue weighted by molar-refractivity contribution is -0.144. The highest BCUT2D eigenvalue weighted by molar-refractivity contribution is 5.84. The zero-order valence-corrected chi connectivity index (χ0v) is 12.7. The SMILES string of the molecule is CC(C)(N)C(C)(C)C(=O)N(CC1CCOC1)C1CC1. The van der Waals surface area contributed by atoms with Crippen LogP contribution in [0.4, 0.5) is 0 Å². The molecule has 0 aromatic heterocycles. The van der Waals surface area contributed by atoms with E-state index in [2.05, 4.69) is 4.90 Å². The van der Waals surface area contributed by atoms with Gasteiger partial charge in [-0.1, -0.05) is 0 Å². The molecule has 2 rings (SSSR count). The molecule has 1 saturated heterocycles. The van der Waals surface area contributed by atoms with E-state index in [1.165, 1.54) is 0 Å². The number of nitrogens with zero attached hydrogens (tertiary/aromatic N) is 1. The predicted octanol–water partition coefficient (Wildman–Crippen LogP) is 1.78. The van der Waals surface area contributed by atoms with Gasteiger partial charge < -0.3 is 15.4 Å². The van der Waals surface area contributed by atoms with Crippen molar-refractivity contribution in [3.8, 4) is 0 Å². The molecule has 1 heterocycles. The molecular formula is C15H28N2O2. The van der Waals surface area contributed by atoms with Crippen molar-refractivity contribution in [2.45, 2.75) is 58.5 Å². The van der Waals surface area contributed by atoms with Gasteiger partial charge >= 0.3 is 0 Å². The zero-order chi connectivity index (χ0) is 14.3. The molecule has 1 aliphatic heterocycles. The largest absolute Gasteiger partial charge is 0.381 e. The zero-order valence-electron chi connectivity index (χ0n) is 12.7. The molecule has 1 saturated carbocycles. The van der Waals surface area contributed by atoms with E-state index in [0.717, 1.165) is 39.0 Å². The van der Waals surface area contributed by atoms with Crippen LogP contribution in [0.1, 0.15) is 47.0 Å². The summed E-state index contributed by atoms with van der Waals surface area (Å²) in [4.78, 5) is 15.0. The van der Waals surface area contributed by atoms with Crippen LogP contribution in [0.5, 0.6) is 0 Å². The number of amides is 1. The van der Waals surface area contributed by atoms with Gasteiger partial charge in [0.2, 0.25) is 5.91 Å². The molecule has 1 aliphatic carbocycles. The maximum absolute atomic E-state index is 12.9. The predicted molar refractivity (Wildman–Crippen MR) is 75.7 cm³/mol. The molecule has 0 spiro atoms. The van der Waals surface area contributed by atoms with E-state index in [4.69, 9.17) is 10.5 Å². The first kappa shape index (κ1) is 14.8. The van der Waals surface area contributed by atoms with Gasteiger partial charge in [0.25, 0.3) is 0 Å². The van der Waals surface area contributed by atoms with Gasteiger partial charge in [0.05, 0.1) is 12.0 Å². The van der Waals surface area contributed by atoms with Crippen LogP contribution in [0.15, 0.2) is 0 Å². The van der Waals surface area contributed by atoms with Gasteiger partial charge in [0.15, 0.2) is 0 Å². The monoisotopic (exact) mass is 268 g/mol. The van der Waals surface area contributed by atoms with Crippen molar-refractivity contribution in [1.29, 1.82) is 0 Å². The van der Waals surface area contributed by atoms with E-state index in [0.29, 0.717) is 12.0 Å². The van der Waals surface area contributed by atoms with Crippen LogP contribution in [-0.4, -0.2) is 42.1 Å². The Hall–Kier alpha value is -0.610.